The predicted molar refractivity (Wildman–Crippen MR) is 72.9 cm³/mol. The van der Waals surface area contributed by atoms with Crippen LogP contribution in [0.2, 0.25) is 0 Å². The summed E-state index contributed by atoms with van der Waals surface area (Å²) >= 11 is 1.37. The van der Waals surface area contributed by atoms with Crippen molar-refractivity contribution < 1.29 is 14.3 Å². The van der Waals surface area contributed by atoms with E-state index in [2.05, 4.69) is 0 Å². The van der Waals surface area contributed by atoms with Crippen LogP contribution in [0, 0.1) is 5.82 Å². The number of fused-ring (bicyclic) bond motifs is 1. The second-order valence-electron chi connectivity index (χ2n) is 4.77. The molecule has 0 saturated carbocycles. The Hall–Kier alpha value is -1.46. The Labute approximate surface area is 114 Å². The van der Waals surface area contributed by atoms with Gasteiger partial charge in [-0.25, -0.2) is 4.39 Å². The highest BCUT2D eigenvalue weighted by molar-refractivity contribution is 7.20. The first-order chi connectivity index (χ1) is 9.19. The summed E-state index contributed by atoms with van der Waals surface area (Å²) in [4.78, 5) is 14.7. The van der Waals surface area contributed by atoms with Crippen LogP contribution in [0.1, 0.15) is 22.5 Å². The van der Waals surface area contributed by atoms with E-state index in [1.54, 1.807) is 17.0 Å². The van der Waals surface area contributed by atoms with Crippen LogP contribution >= 0.6 is 11.3 Å². The fourth-order valence-electron chi connectivity index (χ4n) is 2.55. The summed E-state index contributed by atoms with van der Waals surface area (Å²) in [5.41, 5.74) is 0. The van der Waals surface area contributed by atoms with Crippen LogP contribution in [0.3, 0.4) is 0 Å². The number of benzene rings is 1. The standard InChI is InChI=1S/C14H14FNO2S/c15-10-3-4-12-9(6-10)7-13(19-12)14(18)16-5-1-2-11(16)8-17/h3-4,6-7,11,17H,1-2,5,8H2. The molecule has 2 heterocycles. The summed E-state index contributed by atoms with van der Waals surface area (Å²) < 4.78 is 14.0. The highest BCUT2D eigenvalue weighted by Gasteiger charge is 2.29. The second-order valence-corrected chi connectivity index (χ2v) is 5.85. The summed E-state index contributed by atoms with van der Waals surface area (Å²) in [5, 5.41) is 10.0. The molecule has 1 unspecified atom stereocenters. The van der Waals surface area contributed by atoms with Crippen LogP contribution < -0.4 is 0 Å². The predicted octanol–water partition coefficient (Wildman–Crippen LogP) is 2.64. The van der Waals surface area contributed by atoms with Crippen LogP contribution in [0.4, 0.5) is 4.39 Å². The highest BCUT2D eigenvalue weighted by atomic mass is 32.1. The van der Waals surface area contributed by atoms with Crippen molar-refractivity contribution in [1.29, 1.82) is 0 Å². The number of rotatable bonds is 2. The lowest BCUT2D eigenvalue weighted by atomic mass is 10.2. The molecule has 1 aromatic carbocycles. The Morgan fingerprint density at radius 2 is 2.32 bits per heavy atom. The topological polar surface area (TPSA) is 40.5 Å². The fraction of sp³-hybridized carbons (Fsp3) is 0.357. The average molecular weight is 279 g/mol. The summed E-state index contributed by atoms with van der Waals surface area (Å²) in [6.07, 6.45) is 1.78. The maximum Gasteiger partial charge on any atom is 0.264 e. The maximum absolute atomic E-state index is 13.1. The van der Waals surface area contributed by atoms with Gasteiger partial charge in [-0.15, -0.1) is 11.3 Å². The molecule has 0 bridgehead atoms. The van der Waals surface area contributed by atoms with Gasteiger partial charge in [0.15, 0.2) is 0 Å². The number of likely N-dealkylation sites (tertiary alicyclic amines) is 1. The van der Waals surface area contributed by atoms with Gasteiger partial charge in [0, 0.05) is 11.2 Å². The van der Waals surface area contributed by atoms with Gasteiger partial charge in [-0.1, -0.05) is 0 Å². The Morgan fingerprint density at radius 3 is 3.11 bits per heavy atom. The van der Waals surface area contributed by atoms with Crippen molar-refractivity contribution >= 4 is 27.3 Å². The van der Waals surface area contributed by atoms with E-state index in [1.807, 2.05) is 0 Å². The highest BCUT2D eigenvalue weighted by Crippen LogP contribution is 2.29. The third-order valence-corrected chi connectivity index (χ3v) is 4.64. The minimum atomic E-state index is -0.293. The monoisotopic (exact) mass is 279 g/mol. The van der Waals surface area contributed by atoms with Crippen LogP contribution in [-0.4, -0.2) is 35.1 Å². The molecule has 2 aromatic rings. The number of hydrogen-bond donors (Lipinski definition) is 1. The quantitative estimate of drug-likeness (QED) is 0.918. The Morgan fingerprint density at radius 1 is 1.47 bits per heavy atom. The smallest absolute Gasteiger partial charge is 0.264 e. The molecule has 100 valence electrons. The Kier molecular flexibility index (Phi) is 3.24. The number of carbonyl (C=O) groups is 1. The van der Waals surface area contributed by atoms with Gasteiger partial charge in [0.05, 0.1) is 17.5 Å². The maximum atomic E-state index is 13.1. The van der Waals surface area contributed by atoms with E-state index in [-0.39, 0.29) is 24.4 Å². The van der Waals surface area contributed by atoms with E-state index in [9.17, 15) is 14.3 Å². The molecule has 3 rings (SSSR count). The molecular weight excluding hydrogens is 265 g/mol. The molecule has 5 heteroatoms. The number of aliphatic hydroxyl groups is 1. The van der Waals surface area contributed by atoms with Crippen LogP contribution in [-0.2, 0) is 0 Å². The number of hydrogen-bond acceptors (Lipinski definition) is 3. The van der Waals surface area contributed by atoms with Crippen molar-refractivity contribution in [2.75, 3.05) is 13.2 Å². The molecule has 1 amide bonds. The van der Waals surface area contributed by atoms with Gasteiger partial charge < -0.3 is 10.0 Å². The minimum Gasteiger partial charge on any atom is -0.394 e. The molecular formula is C14H14FNO2S. The van der Waals surface area contributed by atoms with Crippen molar-refractivity contribution in [2.24, 2.45) is 0 Å². The summed E-state index contributed by atoms with van der Waals surface area (Å²) in [7, 11) is 0. The molecule has 1 saturated heterocycles. The molecule has 1 aliphatic heterocycles. The molecule has 1 fully saturated rings. The number of carbonyl (C=O) groups excluding carboxylic acids is 1. The van der Waals surface area contributed by atoms with E-state index in [0.29, 0.717) is 11.4 Å². The van der Waals surface area contributed by atoms with Gasteiger partial charge in [-0.3, -0.25) is 4.79 Å². The summed E-state index contributed by atoms with van der Waals surface area (Å²) in [6.45, 7) is 0.692. The van der Waals surface area contributed by atoms with Crippen LogP contribution in [0.25, 0.3) is 10.1 Å². The zero-order valence-electron chi connectivity index (χ0n) is 10.3. The molecule has 3 nitrogen and oxygen atoms in total. The van der Waals surface area contributed by atoms with Gasteiger partial charge in [-0.2, -0.15) is 0 Å². The number of halogens is 1. The van der Waals surface area contributed by atoms with Crippen molar-refractivity contribution in [3.05, 3.63) is 35.0 Å². The third-order valence-electron chi connectivity index (χ3n) is 3.54. The zero-order valence-corrected chi connectivity index (χ0v) is 11.1. The van der Waals surface area contributed by atoms with E-state index >= 15 is 0 Å². The van der Waals surface area contributed by atoms with Crippen molar-refractivity contribution in [3.63, 3.8) is 0 Å². The Balaban J connectivity index is 1.93. The number of amides is 1. The first kappa shape index (κ1) is 12.6. The first-order valence-electron chi connectivity index (χ1n) is 6.30. The van der Waals surface area contributed by atoms with Gasteiger partial charge in [-0.05, 0) is 42.5 Å². The minimum absolute atomic E-state index is 0.00522. The van der Waals surface area contributed by atoms with E-state index < -0.39 is 0 Å². The molecule has 1 atom stereocenters. The third kappa shape index (κ3) is 2.24. The van der Waals surface area contributed by atoms with Crippen molar-refractivity contribution in [2.45, 2.75) is 18.9 Å². The van der Waals surface area contributed by atoms with Crippen LogP contribution in [0.15, 0.2) is 24.3 Å². The van der Waals surface area contributed by atoms with Gasteiger partial charge in [0.1, 0.15) is 5.82 Å². The van der Waals surface area contributed by atoms with E-state index in [0.717, 1.165) is 22.9 Å². The number of aliphatic hydroxyl groups excluding tert-OH is 1. The van der Waals surface area contributed by atoms with E-state index in [4.69, 9.17) is 0 Å². The molecule has 0 aliphatic carbocycles. The molecule has 1 aromatic heterocycles. The van der Waals surface area contributed by atoms with Crippen LogP contribution in [0.5, 0.6) is 0 Å². The lowest BCUT2D eigenvalue weighted by Gasteiger charge is -2.22. The van der Waals surface area contributed by atoms with Crippen molar-refractivity contribution in [1.82, 2.24) is 4.90 Å². The normalized spacial score (nSPS) is 19.3. The Bertz CT molecular complexity index is 625. The lowest BCUT2D eigenvalue weighted by molar-refractivity contribution is 0.0682. The van der Waals surface area contributed by atoms with E-state index in [1.165, 1.54) is 23.5 Å². The lowest BCUT2D eigenvalue weighted by Crippen LogP contribution is -2.37. The molecule has 0 radical (unpaired) electrons. The second kappa shape index (κ2) is 4.90. The first-order valence-corrected chi connectivity index (χ1v) is 7.11. The number of thiophene rings is 1. The van der Waals surface area contributed by atoms with Gasteiger partial charge in [0.25, 0.3) is 5.91 Å². The molecule has 19 heavy (non-hydrogen) atoms. The largest absolute Gasteiger partial charge is 0.394 e. The fourth-order valence-corrected chi connectivity index (χ4v) is 3.55. The summed E-state index contributed by atoms with van der Waals surface area (Å²) in [5.74, 6) is -0.350. The van der Waals surface area contributed by atoms with Gasteiger partial charge >= 0.3 is 0 Å². The molecule has 1 aliphatic rings. The van der Waals surface area contributed by atoms with Crippen molar-refractivity contribution in [3.8, 4) is 0 Å². The SMILES string of the molecule is O=C(c1cc2cc(F)ccc2s1)N1CCCC1CO. The number of nitrogens with zero attached hydrogens (tertiary/aromatic N) is 1. The molecule has 1 N–H and O–H groups in total. The molecule has 0 spiro atoms. The average Bonchev–Trinajstić information content (AvgIpc) is 3.03. The zero-order chi connectivity index (χ0) is 13.4. The summed E-state index contributed by atoms with van der Waals surface area (Å²) in [6, 6.07) is 6.20. The van der Waals surface area contributed by atoms with Gasteiger partial charge in [0.2, 0.25) is 0 Å².